The lowest BCUT2D eigenvalue weighted by atomic mass is 10.1. The summed E-state index contributed by atoms with van der Waals surface area (Å²) in [7, 11) is 5.96. The number of nitrogens with zero attached hydrogens (tertiary/aromatic N) is 3. The second kappa shape index (κ2) is 6.90. The molecule has 0 aliphatic rings. The van der Waals surface area contributed by atoms with Crippen LogP contribution < -0.4 is 0 Å². The highest BCUT2D eigenvalue weighted by atomic mass is 16.1. The van der Waals surface area contributed by atoms with Crippen molar-refractivity contribution in [2.75, 3.05) is 40.8 Å². The van der Waals surface area contributed by atoms with Gasteiger partial charge in [-0.15, -0.1) is 0 Å². The predicted octanol–water partition coefficient (Wildman–Crippen LogP) is 1.23. The molecule has 1 aromatic rings. The summed E-state index contributed by atoms with van der Waals surface area (Å²) in [6, 6.07) is 8.80. The second-order valence-corrected chi connectivity index (χ2v) is 4.65. The first-order chi connectivity index (χ1) is 8.52. The van der Waals surface area contributed by atoms with Crippen LogP contribution in [-0.2, 0) is 0 Å². The third-order valence-corrected chi connectivity index (χ3v) is 2.68. The van der Waals surface area contributed by atoms with Gasteiger partial charge in [0.2, 0.25) is 0 Å². The molecule has 0 fully saturated rings. The van der Waals surface area contributed by atoms with E-state index in [1.54, 1.807) is 24.3 Å². The van der Waals surface area contributed by atoms with Crippen molar-refractivity contribution < 1.29 is 4.79 Å². The van der Waals surface area contributed by atoms with E-state index in [0.29, 0.717) is 17.7 Å². The first kappa shape index (κ1) is 14.4. The fraction of sp³-hybridized carbons (Fsp3) is 0.429. The van der Waals surface area contributed by atoms with Crippen LogP contribution >= 0.6 is 0 Å². The molecule has 0 aliphatic heterocycles. The summed E-state index contributed by atoms with van der Waals surface area (Å²) in [5.74, 6) is 0.0840. The van der Waals surface area contributed by atoms with E-state index in [1.165, 1.54) is 0 Å². The van der Waals surface area contributed by atoms with Gasteiger partial charge in [0.1, 0.15) is 0 Å². The minimum absolute atomic E-state index is 0.0840. The largest absolute Gasteiger partial charge is 0.308 e. The Balaban J connectivity index is 2.51. The van der Waals surface area contributed by atoms with Crippen LogP contribution in [0.3, 0.4) is 0 Å². The van der Waals surface area contributed by atoms with Crippen molar-refractivity contribution in [3.63, 3.8) is 0 Å². The molecule has 96 valence electrons. The molecule has 0 spiro atoms. The zero-order valence-electron chi connectivity index (χ0n) is 11.2. The summed E-state index contributed by atoms with van der Waals surface area (Å²) >= 11 is 0. The second-order valence-electron chi connectivity index (χ2n) is 4.65. The van der Waals surface area contributed by atoms with Gasteiger partial charge in [-0.2, -0.15) is 5.26 Å². The van der Waals surface area contributed by atoms with E-state index in [1.807, 2.05) is 32.1 Å². The molecule has 0 bridgehead atoms. The Morgan fingerprint density at radius 2 is 1.78 bits per heavy atom. The minimum Gasteiger partial charge on any atom is -0.308 e. The highest BCUT2D eigenvalue weighted by Crippen LogP contribution is 2.05. The lowest BCUT2D eigenvalue weighted by Crippen LogP contribution is -2.32. The van der Waals surface area contributed by atoms with E-state index in [4.69, 9.17) is 5.26 Å². The van der Waals surface area contributed by atoms with Gasteiger partial charge in [-0.05, 0) is 33.3 Å². The van der Waals surface area contributed by atoms with Gasteiger partial charge in [-0.3, -0.25) is 9.69 Å². The molecule has 0 aromatic heterocycles. The number of hydrogen-bond donors (Lipinski definition) is 0. The molecular weight excluding hydrogens is 226 g/mol. The van der Waals surface area contributed by atoms with E-state index in [2.05, 4.69) is 4.90 Å². The van der Waals surface area contributed by atoms with Crippen LogP contribution in [0.2, 0.25) is 0 Å². The molecule has 18 heavy (non-hydrogen) atoms. The predicted molar refractivity (Wildman–Crippen MR) is 71.5 cm³/mol. The Labute approximate surface area is 108 Å². The normalized spacial score (nSPS) is 10.7. The number of carbonyl (C=O) groups excluding carboxylic acids is 1. The number of carbonyl (C=O) groups is 1. The van der Waals surface area contributed by atoms with Crippen molar-refractivity contribution >= 4 is 5.78 Å². The van der Waals surface area contributed by atoms with Crippen LogP contribution in [-0.4, -0.2) is 56.4 Å². The topological polar surface area (TPSA) is 47.3 Å². The molecule has 0 atom stereocenters. The minimum atomic E-state index is 0.0840. The van der Waals surface area contributed by atoms with Gasteiger partial charge >= 0.3 is 0 Å². The fourth-order valence-corrected chi connectivity index (χ4v) is 1.52. The van der Waals surface area contributed by atoms with Gasteiger partial charge in [0.15, 0.2) is 5.78 Å². The Kier molecular flexibility index (Phi) is 5.50. The molecule has 1 rings (SSSR count). The number of benzene rings is 1. The zero-order valence-corrected chi connectivity index (χ0v) is 11.2. The molecule has 0 saturated carbocycles. The SMILES string of the molecule is CN(C)CCN(C)CC(=O)c1ccc(C#N)cc1. The van der Waals surface area contributed by atoms with Crippen molar-refractivity contribution in [1.29, 1.82) is 5.26 Å². The van der Waals surface area contributed by atoms with Gasteiger partial charge < -0.3 is 4.90 Å². The van der Waals surface area contributed by atoms with Gasteiger partial charge in [0.05, 0.1) is 18.2 Å². The lowest BCUT2D eigenvalue weighted by Gasteiger charge is -2.18. The van der Waals surface area contributed by atoms with E-state index in [9.17, 15) is 4.79 Å². The Morgan fingerprint density at radius 3 is 2.28 bits per heavy atom. The maximum atomic E-state index is 12.0. The van der Waals surface area contributed by atoms with Crippen LogP contribution in [0, 0.1) is 11.3 Å². The summed E-state index contributed by atoms with van der Waals surface area (Å²) in [5.41, 5.74) is 1.23. The molecule has 0 amide bonds. The smallest absolute Gasteiger partial charge is 0.176 e. The van der Waals surface area contributed by atoms with Crippen molar-refractivity contribution in [1.82, 2.24) is 9.80 Å². The molecule has 0 heterocycles. The van der Waals surface area contributed by atoms with E-state index in [0.717, 1.165) is 13.1 Å². The number of rotatable bonds is 6. The maximum absolute atomic E-state index is 12.0. The third kappa shape index (κ3) is 4.66. The molecule has 4 heteroatoms. The molecular formula is C14H19N3O. The molecule has 4 nitrogen and oxygen atoms in total. The number of ketones is 1. The van der Waals surface area contributed by atoms with Gasteiger partial charge in [-0.1, -0.05) is 12.1 Å². The van der Waals surface area contributed by atoms with Crippen LogP contribution in [0.5, 0.6) is 0 Å². The van der Waals surface area contributed by atoms with Crippen LogP contribution in [0.25, 0.3) is 0 Å². The Morgan fingerprint density at radius 1 is 1.17 bits per heavy atom. The highest BCUT2D eigenvalue weighted by molar-refractivity contribution is 5.97. The third-order valence-electron chi connectivity index (χ3n) is 2.68. The van der Waals surface area contributed by atoms with Crippen molar-refractivity contribution in [3.05, 3.63) is 35.4 Å². The number of likely N-dealkylation sites (N-methyl/N-ethyl adjacent to an activating group) is 2. The summed E-state index contributed by atoms with van der Waals surface area (Å²) < 4.78 is 0. The van der Waals surface area contributed by atoms with Crippen molar-refractivity contribution in [2.24, 2.45) is 0 Å². The summed E-state index contributed by atoms with van der Waals surface area (Å²) in [6.45, 7) is 2.19. The fourth-order valence-electron chi connectivity index (χ4n) is 1.52. The summed E-state index contributed by atoms with van der Waals surface area (Å²) in [4.78, 5) is 16.0. The molecule has 0 unspecified atom stereocenters. The average molecular weight is 245 g/mol. The first-order valence-corrected chi connectivity index (χ1v) is 5.89. The zero-order chi connectivity index (χ0) is 13.5. The molecule has 0 radical (unpaired) electrons. The Hall–Kier alpha value is -1.70. The van der Waals surface area contributed by atoms with Gasteiger partial charge in [-0.25, -0.2) is 0 Å². The number of nitriles is 1. The van der Waals surface area contributed by atoms with E-state index >= 15 is 0 Å². The van der Waals surface area contributed by atoms with E-state index in [-0.39, 0.29) is 5.78 Å². The monoisotopic (exact) mass is 245 g/mol. The van der Waals surface area contributed by atoms with Crippen molar-refractivity contribution in [2.45, 2.75) is 0 Å². The molecule has 0 saturated heterocycles. The average Bonchev–Trinajstić information content (AvgIpc) is 2.36. The van der Waals surface area contributed by atoms with Crippen LogP contribution in [0.4, 0.5) is 0 Å². The first-order valence-electron chi connectivity index (χ1n) is 5.89. The van der Waals surface area contributed by atoms with Crippen molar-refractivity contribution in [3.8, 4) is 6.07 Å². The molecule has 1 aromatic carbocycles. The standard InChI is InChI=1S/C14H19N3O/c1-16(2)8-9-17(3)11-14(18)13-6-4-12(10-15)5-7-13/h4-7H,8-9,11H2,1-3H3. The van der Waals surface area contributed by atoms with Crippen LogP contribution in [0.1, 0.15) is 15.9 Å². The molecule has 0 aliphatic carbocycles. The molecule has 0 N–H and O–H groups in total. The highest BCUT2D eigenvalue weighted by Gasteiger charge is 2.09. The summed E-state index contributed by atoms with van der Waals surface area (Å²) in [6.07, 6.45) is 0. The number of hydrogen-bond acceptors (Lipinski definition) is 4. The quantitative estimate of drug-likeness (QED) is 0.707. The Bertz CT molecular complexity index is 431. The van der Waals surface area contributed by atoms with Crippen LogP contribution in [0.15, 0.2) is 24.3 Å². The number of Topliss-reactive ketones (excluding diaryl/α,β-unsaturated/α-hetero) is 1. The van der Waals surface area contributed by atoms with Gasteiger partial charge in [0.25, 0.3) is 0 Å². The van der Waals surface area contributed by atoms with E-state index < -0.39 is 0 Å². The van der Waals surface area contributed by atoms with Gasteiger partial charge in [0, 0.05) is 18.7 Å². The maximum Gasteiger partial charge on any atom is 0.176 e. The lowest BCUT2D eigenvalue weighted by molar-refractivity contribution is 0.0942. The summed E-state index contributed by atoms with van der Waals surface area (Å²) in [5, 5.41) is 8.69.